The Bertz CT molecular complexity index is 345. The molecular formula is C18H34N2O2. The van der Waals surface area contributed by atoms with Crippen molar-refractivity contribution in [2.24, 2.45) is 10.8 Å². The first kappa shape index (κ1) is 19.0. The lowest BCUT2D eigenvalue weighted by Gasteiger charge is -2.31. The van der Waals surface area contributed by atoms with Crippen LogP contribution in [0, 0.1) is 10.8 Å². The van der Waals surface area contributed by atoms with Gasteiger partial charge in [-0.25, -0.2) is 0 Å². The van der Waals surface area contributed by atoms with Gasteiger partial charge in [0, 0.05) is 24.9 Å². The first-order valence-corrected chi connectivity index (χ1v) is 8.53. The topological polar surface area (TPSA) is 58.2 Å². The molecule has 0 aromatic rings. The Kier molecular flexibility index (Phi) is 6.45. The minimum Gasteiger partial charge on any atom is -0.353 e. The Morgan fingerprint density at radius 1 is 0.727 bits per heavy atom. The number of carbonyl (C=O) groups is 2. The molecule has 0 atom stereocenters. The van der Waals surface area contributed by atoms with E-state index in [0.717, 1.165) is 25.7 Å². The summed E-state index contributed by atoms with van der Waals surface area (Å²) < 4.78 is 0. The molecule has 1 saturated carbocycles. The normalized spacial score (nSPS) is 23.0. The minimum atomic E-state index is 0.0300. The summed E-state index contributed by atoms with van der Waals surface area (Å²) in [5, 5.41) is 6.27. The van der Waals surface area contributed by atoms with Gasteiger partial charge in [-0.1, -0.05) is 41.5 Å². The van der Waals surface area contributed by atoms with Gasteiger partial charge < -0.3 is 10.6 Å². The van der Waals surface area contributed by atoms with Crippen molar-refractivity contribution in [2.75, 3.05) is 0 Å². The summed E-state index contributed by atoms with van der Waals surface area (Å²) in [6.45, 7) is 12.5. The van der Waals surface area contributed by atoms with Crippen molar-refractivity contribution < 1.29 is 9.59 Å². The van der Waals surface area contributed by atoms with Crippen molar-refractivity contribution in [3.05, 3.63) is 0 Å². The van der Waals surface area contributed by atoms with Gasteiger partial charge in [0.15, 0.2) is 0 Å². The number of hydrogen-bond acceptors (Lipinski definition) is 2. The summed E-state index contributed by atoms with van der Waals surface area (Å²) in [5.74, 6) is 0.292. The molecule has 0 aliphatic heterocycles. The van der Waals surface area contributed by atoms with Crippen LogP contribution in [0.4, 0.5) is 0 Å². The molecule has 0 heterocycles. The summed E-state index contributed by atoms with van der Waals surface area (Å²) in [5.41, 5.74) is 0.0600. The van der Waals surface area contributed by atoms with Crippen LogP contribution in [0.5, 0.6) is 0 Å². The van der Waals surface area contributed by atoms with E-state index < -0.39 is 0 Å². The van der Waals surface area contributed by atoms with Crippen LogP contribution < -0.4 is 10.6 Å². The van der Waals surface area contributed by atoms with Crippen molar-refractivity contribution >= 4 is 11.8 Å². The predicted octanol–water partition coefficient (Wildman–Crippen LogP) is 3.40. The standard InChI is InChI=1S/C18H34N2O2/c1-17(2,3)11-15(21)19-13-7-9-14(10-8-13)20-16(22)12-18(4,5)6/h13-14H,7-12H2,1-6H3,(H,19,21)(H,20,22)/t13-,14+. The van der Waals surface area contributed by atoms with Gasteiger partial charge in [0.25, 0.3) is 0 Å². The minimum absolute atomic E-state index is 0.0300. The fourth-order valence-corrected chi connectivity index (χ4v) is 2.90. The fourth-order valence-electron chi connectivity index (χ4n) is 2.90. The Labute approximate surface area is 135 Å². The number of nitrogens with one attached hydrogen (secondary N) is 2. The second-order valence-corrected chi connectivity index (χ2v) is 9.16. The number of rotatable bonds is 4. The zero-order valence-corrected chi connectivity index (χ0v) is 15.2. The van der Waals surface area contributed by atoms with Crippen molar-refractivity contribution in [1.29, 1.82) is 0 Å². The van der Waals surface area contributed by atoms with Crippen LogP contribution in [0.15, 0.2) is 0 Å². The van der Waals surface area contributed by atoms with Gasteiger partial charge in [-0.3, -0.25) is 9.59 Å². The SMILES string of the molecule is CC(C)(C)CC(=O)N[C@H]1CC[C@@H](NC(=O)CC(C)(C)C)CC1. The van der Waals surface area contributed by atoms with Gasteiger partial charge in [-0.2, -0.15) is 0 Å². The van der Waals surface area contributed by atoms with Crippen LogP contribution >= 0.6 is 0 Å². The zero-order chi connectivity index (χ0) is 17.0. The van der Waals surface area contributed by atoms with E-state index in [1.807, 2.05) is 0 Å². The molecule has 0 radical (unpaired) electrons. The average Bonchev–Trinajstić information content (AvgIpc) is 2.26. The van der Waals surface area contributed by atoms with Gasteiger partial charge >= 0.3 is 0 Å². The highest BCUT2D eigenvalue weighted by Crippen LogP contribution is 2.23. The van der Waals surface area contributed by atoms with Crippen LogP contribution in [-0.4, -0.2) is 23.9 Å². The maximum atomic E-state index is 12.0. The molecule has 2 amide bonds. The van der Waals surface area contributed by atoms with Gasteiger partial charge in [0.05, 0.1) is 0 Å². The van der Waals surface area contributed by atoms with Crippen LogP contribution in [0.25, 0.3) is 0 Å². The van der Waals surface area contributed by atoms with E-state index in [1.54, 1.807) is 0 Å². The van der Waals surface area contributed by atoms with E-state index in [-0.39, 0.29) is 34.7 Å². The van der Waals surface area contributed by atoms with E-state index in [2.05, 4.69) is 52.2 Å². The third-order valence-corrected chi connectivity index (χ3v) is 3.84. The molecule has 0 saturated heterocycles. The summed E-state index contributed by atoms with van der Waals surface area (Å²) in [6, 6.07) is 0.538. The lowest BCUT2D eigenvalue weighted by atomic mass is 9.88. The van der Waals surface area contributed by atoms with E-state index in [0.29, 0.717) is 12.8 Å². The molecule has 4 heteroatoms. The Hall–Kier alpha value is -1.06. The van der Waals surface area contributed by atoms with E-state index in [4.69, 9.17) is 0 Å². The molecule has 1 fully saturated rings. The fraction of sp³-hybridized carbons (Fsp3) is 0.889. The number of carbonyl (C=O) groups excluding carboxylic acids is 2. The molecule has 22 heavy (non-hydrogen) atoms. The molecule has 2 N–H and O–H groups in total. The van der Waals surface area contributed by atoms with Crippen LogP contribution in [0.1, 0.15) is 80.1 Å². The Morgan fingerprint density at radius 2 is 1.00 bits per heavy atom. The molecule has 0 aromatic heterocycles. The zero-order valence-electron chi connectivity index (χ0n) is 15.2. The van der Waals surface area contributed by atoms with Crippen molar-refractivity contribution in [3.8, 4) is 0 Å². The first-order chi connectivity index (χ1) is 9.94. The lowest BCUT2D eigenvalue weighted by Crippen LogP contribution is -2.44. The maximum absolute atomic E-state index is 12.0. The van der Waals surface area contributed by atoms with Gasteiger partial charge in [-0.15, -0.1) is 0 Å². The first-order valence-electron chi connectivity index (χ1n) is 8.53. The van der Waals surface area contributed by atoms with E-state index in [1.165, 1.54) is 0 Å². The molecular weight excluding hydrogens is 276 g/mol. The van der Waals surface area contributed by atoms with E-state index in [9.17, 15) is 9.59 Å². The molecule has 1 aliphatic rings. The van der Waals surface area contributed by atoms with Crippen LogP contribution in [0.2, 0.25) is 0 Å². The molecule has 0 aromatic carbocycles. The van der Waals surface area contributed by atoms with Crippen molar-refractivity contribution in [1.82, 2.24) is 10.6 Å². The maximum Gasteiger partial charge on any atom is 0.220 e. The van der Waals surface area contributed by atoms with Crippen molar-refractivity contribution in [3.63, 3.8) is 0 Å². The van der Waals surface area contributed by atoms with Gasteiger partial charge in [0.2, 0.25) is 11.8 Å². The molecule has 0 spiro atoms. The third kappa shape index (κ3) is 8.40. The quantitative estimate of drug-likeness (QED) is 0.836. The second-order valence-electron chi connectivity index (χ2n) is 9.16. The second kappa shape index (κ2) is 7.47. The number of hydrogen-bond donors (Lipinski definition) is 2. The summed E-state index contributed by atoms with van der Waals surface area (Å²) in [7, 11) is 0. The molecule has 1 rings (SSSR count). The Morgan fingerprint density at radius 3 is 1.23 bits per heavy atom. The summed E-state index contributed by atoms with van der Waals surface area (Å²) in [6.07, 6.45) is 4.95. The van der Waals surface area contributed by atoms with E-state index >= 15 is 0 Å². The van der Waals surface area contributed by atoms with Crippen LogP contribution in [-0.2, 0) is 9.59 Å². The predicted molar refractivity (Wildman–Crippen MR) is 90.5 cm³/mol. The van der Waals surface area contributed by atoms with Crippen LogP contribution in [0.3, 0.4) is 0 Å². The third-order valence-electron chi connectivity index (χ3n) is 3.84. The summed E-state index contributed by atoms with van der Waals surface area (Å²) >= 11 is 0. The molecule has 4 nitrogen and oxygen atoms in total. The lowest BCUT2D eigenvalue weighted by molar-refractivity contribution is -0.125. The molecule has 128 valence electrons. The highest BCUT2D eigenvalue weighted by molar-refractivity contribution is 5.77. The molecule has 0 unspecified atom stereocenters. The average molecular weight is 310 g/mol. The monoisotopic (exact) mass is 310 g/mol. The smallest absolute Gasteiger partial charge is 0.220 e. The largest absolute Gasteiger partial charge is 0.353 e. The highest BCUT2D eigenvalue weighted by atomic mass is 16.2. The van der Waals surface area contributed by atoms with Gasteiger partial charge in [0.1, 0.15) is 0 Å². The number of amides is 2. The highest BCUT2D eigenvalue weighted by Gasteiger charge is 2.26. The molecule has 1 aliphatic carbocycles. The van der Waals surface area contributed by atoms with Gasteiger partial charge in [-0.05, 0) is 36.5 Å². The van der Waals surface area contributed by atoms with Crippen molar-refractivity contribution in [2.45, 2.75) is 92.2 Å². The Balaban J connectivity index is 2.29. The summed E-state index contributed by atoms with van der Waals surface area (Å²) in [4.78, 5) is 23.9. The molecule has 0 bridgehead atoms.